The summed E-state index contributed by atoms with van der Waals surface area (Å²) in [5, 5.41) is 19.3. The third kappa shape index (κ3) is 4.03. The van der Waals surface area contributed by atoms with Crippen molar-refractivity contribution in [2.24, 2.45) is 7.05 Å². The molecule has 3 aromatic rings. The predicted octanol–water partition coefficient (Wildman–Crippen LogP) is 2.31. The fraction of sp³-hybridized carbons (Fsp3) is 0.238. The van der Waals surface area contributed by atoms with E-state index in [2.05, 4.69) is 9.71 Å². The summed E-state index contributed by atoms with van der Waals surface area (Å²) in [5.74, 6) is -1.88. The number of benzene rings is 2. The lowest BCUT2D eigenvalue weighted by Gasteiger charge is -2.19. The molecule has 0 bridgehead atoms. The SMILES string of the molecule is Cn1cnc2ccc(Oc3c(F)ccc(NS(=O)(=O)N4CCC(F)C4)c3C#N)c(C#N)c2c1=O. The van der Waals surface area contributed by atoms with Gasteiger partial charge in [0.15, 0.2) is 11.6 Å². The lowest BCUT2D eigenvalue weighted by molar-refractivity contribution is 0.343. The number of halogens is 2. The van der Waals surface area contributed by atoms with Gasteiger partial charge in [0.2, 0.25) is 0 Å². The Balaban J connectivity index is 1.79. The minimum absolute atomic E-state index is 0.0387. The number of alkyl halides is 1. The monoisotopic (exact) mass is 486 g/mol. The van der Waals surface area contributed by atoms with Gasteiger partial charge in [0.1, 0.15) is 35.2 Å². The zero-order chi connectivity index (χ0) is 24.6. The van der Waals surface area contributed by atoms with Crippen LogP contribution < -0.4 is 15.0 Å². The minimum Gasteiger partial charge on any atom is -0.451 e. The Kier molecular flexibility index (Phi) is 5.91. The molecule has 0 aliphatic carbocycles. The minimum atomic E-state index is -4.22. The molecule has 174 valence electrons. The Morgan fingerprint density at radius 2 is 1.94 bits per heavy atom. The number of nitrogens with zero attached hydrogens (tertiary/aromatic N) is 5. The van der Waals surface area contributed by atoms with Crippen molar-refractivity contribution >= 4 is 26.8 Å². The third-order valence-corrected chi connectivity index (χ3v) is 6.76. The van der Waals surface area contributed by atoms with Gasteiger partial charge in [0.25, 0.3) is 5.56 Å². The van der Waals surface area contributed by atoms with E-state index in [1.807, 2.05) is 6.07 Å². The predicted molar refractivity (Wildman–Crippen MR) is 117 cm³/mol. The number of hydrogen-bond acceptors (Lipinski definition) is 7. The third-order valence-electron chi connectivity index (χ3n) is 5.27. The maximum atomic E-state index is 14.7. The number of rotatable bonds is 5. The van der Waals surface area contributed by atoms with Gasteiger partial charge in [-0.05, 0) is 30.7 Å². The first-order valence-corrected chi connectivity index (χ1v) is 11.3. The maximum absolute atomic E-state index is 14.7. The van der Waals surface area contributed by atoms with Gasteiger partial charge in [-0.1, -0.05) is 0 Å². The van der Waals surface area contributed by atoms with E-state index in [9.17, 15) is 32.5 Å². The largest absolute Gasteiger partial charge is 0.451 e. The molecule has 1 fully saturated rings. The van der Waals surface area contributed by atoms with Crippen LogP contribution in [-0.2, 0) is 17.3 Å². The molecule has 0 radical (unpaired) electrons. The number of nitrogens with one attached hydrogen (secondary N) is 1. The molecule has 1 aliphatic heterocycles. The number of hydrogen-bond donors (Lipinski definition) is 1. The summed E-state index contributed by atoms with van der Waals surface area (Å²) in [6.07, 6.45) is 0.0105. The second-order valence-corrected chi connectivity index (χ2v) is 9.14. The van der Waals surface area contributed by atoms with Crippen molar-refractivity contribution in [3.8, 4) is 23.6 Å². The van der Waals surface area contributed by atoms with Gasteiger partial charge < -0.3 is 9.30 Å². The van der Waals surface area contributed by atoms with E-state index in [1.54, 1.807) is 6.07 Å². The quantitative estimate of drug-likeness (QED) is 0.583. The normalized spacial score (nSPS) is 16.2. The van der Waals surface area contributed by atoms with Crippen molar-refractivity contribution in [2.45, 2.75) is 12.6 Å². The second kappa shape index (κ2) is 8.70. The Hall–Kier alpha value is -4.07. The van der Waals surface area contributed by atoms with Crippen molar-refractivity contribution in [3.63, 3.8) is 0 Å². The van der Waals surface area contributed by atoms with Crippen molar-refractivity contribution in [1.29, 1.82) is 10.5 Å². The summed E-state index contributed by atoms with van der Waals surface area (Å²) in [4.78, 5) is 16.6. The van der Waals surface area contributed by atoms with Crippen LogP contribution in [0.5, 0.6) is 11.5 Å². The van der Waals surface area contributed by atoms with Crippen LogP contribution in [0.3, 0.4) is 0 Å². The number of ether oxygens (including phenoxy) is 1. The molecule has 2 heterocycles. The van der Waals surface area contributed by atoms with Gasteiger partial charge >= 0.3 is 10.2 Å². The lowest BCUT2D eigenvalue weighted by Crippen LogP contribution is -2.34. The molecule has 0 amide bonds. The summed E-state index contributed by atoms with van der Waals surface area (Å²) in [5.41, 5.74) is -1.34. The molecule has 1 saturated heterocycles. The highest BCUT2D eigenvalue weighted by Crippen LogP contribution is 2.36. The Morgan fingerprint density at radius 3 is 2.59 bits per heavy atom. The van der Waals surface area contributed by atoms with E-state index in [-0.39, 0.29) is 47.4 Å². The zero-order valence-corrected chi connectivity index (χ0v) is 18.4. The Bertz CT molecular complexity index is 1560. The molecule has 4 rings (SSSR count). The lowest BCUT2D eigenvalue weighted by atomic mass is 10.1. The molecule has 1 atom stereocenters. The standard InChI is InChI=1S/C21H16F2N6O4S/c1-28-11-26-17-4-5-18(14(9-25)19(17)21(28)30)33-20-13(8-24)16(3-2-15(20)23)27-34(31,32)29-7-6-12(22)10-29/h2-5,11-12,27H,6-7,10H2,1H3. The van der Waals surface area contributed by atoms with Crippen molar-refractivity contribution < 1.29 is 21.9 Å². The number of aryl methyl sites for hydroxylation is 1. The van der Waals surface area contributed by atoms with E-state index in [0.29, 0.717) is 0 Å². The van der Waals surface area contributed by atoms with Crippen molar-refractivity contribution in [1.82, 2.24) is 13.9 Å². The molecule has 10 nitrogen and oxygen atoms in total. The fourth-order valence-corrected chi connectivity index (χ4v) is 4.82. The summed E-state index contributed by atoms with van der Waals surface area (Å²) < 4.78 is 63.1. The summed E-state index contributed by atoms with van der Waals surface area (Å²) in [6, 6.07) is 8.13. The van der Waals surface area contributed by atoms with Crippen LogP contribution in [0.2, 0.25) is 0 Å². The molecule has 13 heteroatoms. The molecule has 1 N–H and O–H groups in total. The van der Waals surface area contributed by atoms with Gasteiger partial charge in [0.05, 0.1) is 22.9 Å². The maximum Gasteiger partial charge on any atom is 0.301 e. The highest BCUT2D eigenvalue weighted by molar-refractivity contribution is 7.90. The summed E-state index contributed by atoms with van der Waals surface area (Å²) >= 11 is 0. The Morgan fingerprint density at radius 1 is 1.21 bits per heavy atom. The molecular weight excluding hydrogens is 470 g/mol. The molecule has 34 heavy (non-hydrogen) atoms. The van der Waals surface area contributed by atoms with Crippen LogP contribution >= 0.6 is 0 Å². The first kappa shape index (κ1) is 23.1. The molecule has 0 saturated carbocycles. The van der Waals surface area contributed by atoms with Gasteiger partial charge in [-0.25, -0.2) is 13.8 Å². The van der Waals surface area contributed by atoms with Crippen LogP contribution in [-0.4, -0.2) is 41.5 Å². The smallest absolute Gasteiger partial charge is 0.301 e. The molecule has 1 aliphatic rings. The van der Waals surface area contributed by atoms with Crippen LogP contribution in [0.15, 0.2) is 35.4 Å². The van der Waals surface area contributed by atoms with E-state index in [0.717, 1.165) is 21.0 Å². The van der Waals surface area contributed by atoms with E-state index >= 15 is 0 Å². The molecule has 1 unspecified atom stereocenters. The Labute approximate surface area is 192 Å². The average Bonchev–Trinajstić information content (AvgIpc) is 3.25. The van der Waals surface area contributed by atoms with Gasteiger partial charge in [-0.2, -0.15) is 23.2 Å². The number of fused-ring (bicyclic) bond motifs is 1. The van der Waals surface area contributed by atoms with Crippen molar-refractivity contribution in [2.75, 3.05) is 17.8 Å². The average molecular weight is 486 g/mol. The van der Waals surface area contributed by atoms with Crippen LogP contribution in [0.4, 0.5) is 14.5 Å². The van der Waals surface area contributed by atoms with Crippen LogP contribution in [0.25, 0.3) is 10.9 Å². The van der Waals surface area contributed by atoms with Crippen molar-refractivity contribution in [3.05, 3.63) is 57.9 Å². The van der Waals surface area contributed by atoms with E-state index in [4.69, 9.17) is 4.74 Å². The summed E-state index contributed by atoms with van der Waals surface area (Å²) in [6.45, 7) is -0.387. The number of aromatic nitrogens is 2. The van der Waals surface area contributed by atoms with Gasteiger partial charge in [0, 0.05) is 20.1 Å². The molecular formula is C21H16F2N6O4S. The molecule has 2 aromatic carbocycles. The van der Waals surface area contributed by atoms with Crippen LogP contribution in [0, 0.1) is 28.5 Å². The zero-order valence-electron chi connectivity index (χ0n) is 17.6. The molecule has 1 aromatic heterocycles. The summed E-state index contributed by atoms with van der Waals surface area (Å²) in [7, 11) is -2.78. The van der Waals surface area contributed by atoms with E-state index < -0.39 is 39.1 Å². The molecule has 0 spiro atoms. The van der Waals surface area contributed by atoms with E-state index in [1.165, 1.54) is 25.5 Å². The van der Waals surface area contributed by atoms with Gasteiger partial charge in [-0.3, -0.25) is 9.52 Å². The highest BCUT2D eigenvalue weighted by atomic mass is 32.2. The highest BCUT2D eigenvalue weighted by Gasteiger charge is 2.32. The first-order chi connectivity index (χ1) is 16.2. The fourth-order valence-electron chi connectivity index (χ4n) is 3.54. The van der Waals surface area contributed by atoms with Crippen LogP contribution in [0.1, 0.15) is 17.5 Å². The number of nitriles is 2. The topological polar surface area (TPSA) is 141 Å². The van der Waals surface area contributed by atoms with Gasteiger partial charge in [-0.15, -0.1) is 0 Å². The number of anilines is 1. The first-order valence-electron chi connectivity index (χ1n) is 9.87. The second-order valence-electron chi connectivity index (χ2n) is 7.47.